The van der Waals surface area contributed by atoms with Crippen molar-refractivity contribution in [2.75, 3.05) is 13.2 Å². The van der Waals surface area contributed by atoms with Crippen molar-refractivity contribution in [2.24, 2.45) is 5.84 Å². The van der Waals surface area contributed by atoms with Gasteiger partial charge in [0.15, 0.2) is 0 Å². The summed E-state index contributed by atoms with van der Waals surface area (Å²) < 4.78 is 11.9. The first-order valence-corrected chi connectivity index (χ1v) is 11.0. The lowest BCUT2D eigenvalue weighted by Gasteiger charge is -2.45. The highest BCUT2D eigenvalue weighted by Crippen LogP contribution is 2.43. The molecule has 1 aromatic carbocycles. The molecule has 2 aliphatic rings. The molecule has 6 heteroatoms. The van der Waals surface area contributed by atoms with Gasteiger partial charge in [-0.15, -0.1) is 0 Å². The van der Waals surface area contributed by atoms with E-state index in [-0.39, 0.29) is 17.7 Å². The van der Waals surface area contributed by atoms with Crippen LogP contribution in [-0.2, 0) is 9.16 Å². The number of allylic oxidation sites excluding steroid dienone is 4. The topological polar surface area (TPSA) is 64.8 Å². The van der Waals surface area contributed by atoms with Gasteiger partial charge >= 0.3 is 6.09 Å². The van der Waals surface area contributed by atoms with E-state index in [1.54, 1.807) is 0 Å². The Morgan fingerprint density at radius 1 is 1.31 bits per heavy atom. The average Bonchev–Trinajstić information content (AvgIpc) is 2.95. The Bertz CT molecular complexity index is 712. The first kappa shape index (κ1) is 18.9. The minimum atomic E-state index is -2.53. The number of hydrogen-bond donors (Lipinski definition) is 1. The van der Waals surface area contributed by atoms with E-state index in [9.17, 15) is 4.79 Å². The average molecular weight is 373 g/mol. The Kier molecular flexibility index (Phi) is 5.36. The molecule has 1 heterocycles. The van der Waals surface area contributed by atoms with Crippen LogP contribution in [0.2, 0.25) is 5.04 Å². The first-order valence-electron chi connectivity index (χ1n) is 9.12. The summed E-state index contributed by atoms with van der Waals surface area (Å²) in [6.07, 6.45) is 8.10. The zero-order valence-corrected chi connectivity index (χ0v) is 16.8. The van der Waals surface area contributed by atoms with Crippen LogP contribution >= 0.6 is 0 Å². The van der Waals surface area contributed by atoms with Crippen molar-refractivity contribution in [1.29, 1.82) is 0 Å². The van der Waals surface area contributed by atoms with Crippen LogP contribution in [0.3, 0.4) is 0 Å². The summed E-state index contributed by atoms with van der Waals surface area (Å²) in [6.45, 7) is 7.41. The van der Waals surface area contributed by atoms with Gasteiger partial charge < -0.3 is 9.16 Å². The molecular weight excluding hydrogens is 344 g/mol. The number of rotatable bonds is 5. The number of carbonyl (C=O) groups excluding carboxylic acids is 1. The number of carbonyl (C=O) groups is 1. The molecule has 140 valence electrons. The lowest BCUT2D eigenvalue weighted by molar-refractivity contribution is 0.155. The Hall–Kier alpha value is -1.89. The predicted molar refractivity (Wildman–Crippen MR) is 105 cm³/mol. The smallest absolute Gasteiger partial charge is 0.424 e. The minimum absolute atomic E-state index is 0.0612. The number of cyclic esters (lactones) is 1. The molecule has 2 N–H and O–H groups in total. The molecule has 1 aliphatic carbocycles. The second-order valence-electron chi connectivity index (χ2n) is 7.90. The molecule has 2 atom stereocenters. The maximum atomic E-state index is 11.6. The molecule has 1 aromatic rings. The Morgan fingerprint density at radius 2 is 2.04 bits per heavy atom. The standard InChI is InChI=1S/C20H28N2O3Si/c1-20(2,3)26(17-10-6-4-7-11-17,18-12-8-5-9-13-18)25-15-16-14-24-19(23)22(16)21/h4-8,10-12,16H,9,13-15,21H2,1-3H3/t16-,26?/m1/s1. The lowest BCUT2D eigenvalue weighted by Crippen LogP contribution is -2.61. The Morgan fingerprint density at radius 3 is 2.58 bits per heavy atom. The molecule has 1 amide bonds. The van der Waals surface area contributed by atoms with E-state index in [1.807, 2.05) is 6.07 Å². The first-order chi connectivity index (χ1) is 12.4. The normalized spacial score (nSPS) is 22.8. The minimum Gasteiger partial charge on any atom is -0.446 e. The zero-order valence-electron chi connectivity index (χ0n) is 15.8. The third kappa shape index (κ3) is 3.36. The Balaban J connectivity index is 2.01. The molecule has 1 unspecified atom stereocenters. The van der Waals surface area contributed by atoms with Gasteiger partial charge in [-0.2, -0.15) is 0 Å². The van der Waals surface area contributed by atoms with E-state index < -0.39 is 14.4 Å². The SMILES string of the molecule is CC(C)(C)[Si](OC[C@H]1COC(=O)N1N)(C1=CC=CCC1)c1ccccc1. The van der Waals surface area contributed by atoms with E-state index in [2.05, 4.69) is 63.3 Å². The quantitative estimate of drug-likeness (QED) is 0.490. The number of hydrazine groups is 1. The molecule has 1 saturated heterocycles. The highest BCUT2D eigenvalue weighted by Gasteiger charge is 2.52. The molecule has 0 spiro atoms. The zero-order chi connectivity index (χ0) is 18.8. The van der Waals surface area contributed by atoms with Crippen LogP contribution < -0.4 is 11.0 Å². The van der Waals surface area contributed by atoms with Crippen molar-refractivity contribution in [2.45, 2.75) is 44.7 Å². The summed E-state index contributed by atoms with van der Waals surface area (Å²) in [5, 5.41) is 3.73. The summed E-state index contributed by atoms with van der Waals surface area (Å²) in [4.78, 5) is 11.6. The summed E-state index contributed by atoms with van der Waals surface area (Å²) in [5.74, 6) is 5.85. The molecule has 0 saturated carbocycles. The van der Waals surface area contributed by atoms with Crippen LogP contribution in [0.5, 0.6) is 0 Å². The van der Waals surface area contributed by atoms with Crippen LogP contribution in [0.15, 0.2) is 53.8 Å². The third-order valence-corrected chi connectivity index (χ3v) is 10.4. The fraction of sp³-hybridized carbons (Fsp3) is 0.450. The van der Waals surface area contributed by atoms with E-state index >= 15 is 0 Å². The second kappa shape index (κ2) is 7.38. The van der Waals surface area contributed by atoms with Crippen molar-refractivity contribution in [3.63, 3.8) is 0 Å². The monoisotopic (exact) mass is 372 g/mol. The maximum Gasteiger partial charge on any atom is 0.424 e. The van der Waals surface area contributed by atoms with Gasteiger partial charge in [-0.1, -0.05) is 69.3 Å². The molecule has 5 nitrogen and oxygen atoms in total. The molecule has 0 aromatic heterocycles. The molecule has 1 aliphatic heterocycles. The number of hydrogen-bond acceptors (Lipinski definition) is 4. The highest BCUT2D eigenvalue weighted by molar-refractivity contribution is 6.94. The molecule has 26 heavy (non-hydrogen) atoms. The molecule has 1 fully saturated rings. The van der Waals surface area contributed by atoms with Crippen LogP contribution in [0.4, 0.5) is 4.79 Å². The summed E-state index contributed by atoms with van der Waals surface area (Å²) in [7, 11) is -2.53. The fourth-order valence-corrected chi connectivity index (χ4v) is 8.80. The van der Waals surface area contributed by atoms with Crippen molar-refractivity contribution < 1.29 is 14.0 Å². The number of benzene rings is 1. The number of nitrogens with two attached hydrogens (primary N) is 1. The Labute approximate surface area is 156 Å². The van der Waals surface area contributed by atoms with Gasteiger partial charge in [-0.25, -0.2) is 15.6 Å². The summed E-state index contributed by atoms with van der Waals surface area (Å²) >= 11 is 0. The van der Waals surface area contributed by atoms with Gasteiger partial charge in [-0.3, -0.25) is 0 Å². The van der Waals surface area contributed by atoms with Crippen molar-refractivity contribution in [1.82, 2.24) is 5.01 Å². The number of ether oxygens (including phenoxy) is 1. The maximum absolute atomic E-state index is 11.6. The van der Waals surface area contributed by atoms with Crippen molar-refractivity contribution in [3.05, 3.63) is 53.8 Å². The summed E-state index contributed by atoms with van der Waals surface area (Å²) in [6, 6.07) is 10.3. The van der Waals surface area contributed by atoms with E-state index in [4.69, 9.17) is 15.0 Å². The van der Waals surface area contributed by atoms with E-state index in [0.717, 1.165) is 17.9 Å². The number of nitrogens with zero attached hydrogens (tertiary/aromatic N) is 1. The van der Waals surface area contributed by atoms with Crippen LogP contribution in [0.1, 0.15) is 33.6 Å². The van der Waals surface area contributed by atoms with Gasteiger partial charge in [0.05, 0.1) is 6.61 Å². The van der Waals surface area contributed by atoms with Gasteiger partial charge in [0.25, 0.3) is 8.32 Å². The van der Waals surface area contributed by atoms with Crippen molar-refractivity contribution in [3.8, 4) is 0 Å². The van der Waals surface area contributed by atoms with Crippen molar-refractivity contribution >= 4 is 19.6 Å². The lowest BCUT2D eigenvalue weighted by atomic mass is 10.2. The molecule has 0 radical (unpaired) electrons. The van der Waals surface area contributed by atoms with E-state index in [1.165, 1.54) is 10.4 Å². The second-order valence-corrected chi connectivity index (χ2v) is 12.3. The third-order valence-electron chi connectivity index (χ3n) is 5.20. The van der Waals surface area contributed by atoms with Crippen LogP contribution in [-0.4, -0.2) is 38.7 Å². The van der Waals surface area contributed by atoms with Gasteiger partial charge in [0, 0.05) is 0 Å². The molecule has 3 rings (SSSR count). The van der Waals surface area contributed by atoms with Gasteiger partial charge in [-0.05, 0) is 28.3 Å². The largest absolute Gasteiger partial charge is 0.446 e. The fourth-order valence-electron chi connectivity index (χ4n) is 3.88. The van der Waals surface area contributed by atoms with Gasteiger partial charge in [0.1, 0.15) is 12.6 Å². The highest BCUT2D eigenvalue weighted by atomic mass is 28.4. The molecule has 0 bridgehead atoms. The van der Waals surface area contributed by atoms with E-state index in [0.29, 0.717) is 6.61 Å². The molecular formula is C20H28N2O3Si. The number of amides is 1. The van der Waals surface area contributed by atoms with Gasteiger partial charge in [0.2, 0.25) is 0 Å². The van der Waals surface area contributed by atoms with Crippen LogP contribution in [0.25, 0.3) is 0 Å². The predicted octanol–water partition coefficient (Wildman–Crippen LogP) is 3.17. The summed E-state index contributed by atoms with van der Waals surface area (Å²) in [5.41, 5.74) is 0. The van der Waals surface area contributed by atoms with Crippen LogP contribution in [0, 0.1) is 0 Å².